The highest BCUT2D eigenvalue weighted by molar-refractivity contribution is 5.48. The summed E-state index contributed by atoms with van der Waals surface area (Å²) in [7, 11) is 0. The number of aliphatic hydroxyl groups is 1. The molecule has 0 fully saturated rings. The molecule has 0 saturated heterocycles. The molecule has 106 valence electrons. The van der Waals surface area contributed by atoms with Crippen LogP contribution in [0.2, 0.25) is 0 Å². The standard InChI is InChI=1S/C16H17F2NO/c1-2-16(11-20,12-6-8-13(17)9-7-12)19-15-5-3-4-14(18)10-15/h3-10,19-20H,2,11H2,1H3. The zero-order valence-corrected chi connectivity index (χ0v) is 11.2. The largest absolute Gasteiger partial charge is 0.394 e. The number of hydrogen-bond donors (Lipinski definition) is 2. The van der Waals surface area contributed by atoms with Gasteiger partial charge in [-0.1, -0.05) is 25.1 Å². The van der Waals surface area contributed by atoms with Crippen molar-refractivity contribution in [1.29, 1.82) is 0 Å². The van der Waals surface area contributed by atoms with Gasteiger partial charge >= 0.3 is 0 Å². The Morgan fingerprint density at radius 3 is 2.30 bits per heavy atom. The highest BCUT2D eigenvalue weighted by Gasteiger charge is 2.29. The van der Waals surface area contributed by atoms with Crippen LogP contribution in [0.5, 0.6) is 0 Å². The van der Waals surface area contributed by atoms with Crippen molar-refractivity contribution in [3.05, 3.63) is 65.7 Å². The maximum Gasteiger partial charge on any atom is 0.125 e. The van der Waals surface area contributed by atoms with Crippen molar-refractivity contribution in [2.24, 2.45) is 0 Å². The number of anilines is 1. The van der Waals surface area contributed by atoms with Gasteiger partial charge in [0, 0.05) is 5.69 Å². The zero-order chi connectivity index (χ0) is 14.6. The van der Waals surface area contributed by atoms with Crippen molar-refractivity contribution in [1.82, 2.24) is 0 Å². The lowest BCUT2D eigenvalue weighted by molar-refractivity contribution is 0.207. The van der Waals surface area contributed by atoms with Gasteiger partial charge in [-0.05, 0) is 42.3 Å². The zero-order valence-electron chi connectivity index (χ0n) is 11.2. The van der Waals surface area contributed by atoms with Gasteiger partial charge in [0.15, 0.2) is 0 Å². The van der Waals surface area contributed by atoms with Crippen LogP contribution in [0.15, 0.2) is 48.5 Å². The lowest BCUT2D eigenvalue weighted by Gasteiger charge is -2.33. The van der Waals surface area contributed by atoms with E-state index < -0.39 is 5.54 Å². The van der Waals surface area contributed by atoms with Crippen molar-refractivity contribution < 1.29 is 13.9 Å². The van der Waals surface area contributed by atoms with Crippen molar-refractivity contribution in [3.63, 3.8) is 0 Å². The van der Waals surface area contributed by atoms with E-state index in [1.807, 2.05) is 6.92 Å². The van der Waals surface area contributed by atoms with E-state index in [1.54, 1.807) is 24.3 Å². The first-order chi connectivity index (χ1) is 9.59. The second kappa shape index (κ2) is 6.01. The minimum atomic E-state index is -0.762. The summed E-state index contributed by atoms with van der Waals surface area (Å²) >= 11 is 0. The smallest absolute Gasteiger partial charge is 0.125 e. The Bertz CT molecular complexity index is 565. The SMILES string of the molecule is CCC(CO)(Nc1cccc(F)c1)c1ccc(F)cc1. The van der Waals surface area contributed by atoms with E-state index in [0.29, 0.717) is 12.1 Å². The minimum absolute atomic E-state index is 0.175. The molecule has 0 aliphatic carbocycles. The van der Waals surface area contributed by atoms with Crippen LogP contribution in [-0.4, -0.2) is 11.7 Å². The van der Waals surface area contributed by atoms with E-state index in [-0.39, 0.29) is 18.2 Å². The second-order valence-electron chi connectivity index (χ2n) is 4.74. The van der Waals surface area contributed by atoms with Gasteiger partial charge < -0.3 is 10.4 Å². The fourth-order valence-corrected chi connectivity index (χ4v) is 2.22. The summed E-state index contributed by atoms with van der Waals surface area (Å²) in [6, 6.07) is 12.0. The molecule has 2 aromatic rings. The van der Waals surface area contributed by atoms with E-state index in [2.05, 4.69) is 5.32 Å². The molecule has 20 heavy (non-hydrogen) atoms. The molecule has 4 heteroatoms. The van der Waals surface area contributed by atoms with Crippen LogP contribution in [0, 0.1) is 11.6 Å². The van der Waals surface area contributed by atoms with Gasteiger partial charge in [0.1, 0.15) is 11.6 Å². The predicted molar refractivity (Wildman–Crippen MR) is 75.5 cm³/mol. The average Bonchev–Trinajstić information content (AvgIpc) is 2.46. The van der Waals surface area contributed by atoms with Gasteiger partial charge in [-0.25, -0.2) is 8.78 Å². The van der Waals surface area contributed by atoms with Crippen LogP contribution in [0.1, 0.15) is 18.9 Å². The van der Waals surface area contributed by atoms with Crippen LogP contribution in [-0.2, 0) is 5.54 Å². The van der Waals surface area contributed by atoms with Gasteiger partial charge in [-0.3, -0.25) is 0 Å². The Morgan fingerprint density at radius 1 is 1.05 bits per heavy atom. The third-order valence-corrected chi connectivity index (χ3v) is 3.48. The summed E-state index contributed by atoms with van der Waals surface area (Å²) in [6.07, 6.45) is 0.575. The van der Waals surface area contributed by atoms with Crippen molar-refractivity contribution >= 4 is 5.69 Å². The fraction of sp³-hybridized carbons (Fsp3) is 0.250. The maximum atomic E-state index is 13.3. The lowest BCUT2D eigenvalue weighted by atomic mass is 9.87. The molecular formula is C16H17F2NO. The number of halogens is 2. The van der Waals surface area contributed by atoms with Crippen molar-refractivity contribution in [2.75, 3.05) is 11.9 Å². The van der Waals surface area contributed by atoms with Crippen LogP contribution >= 0.6 is 0 Å². The number of aliphatic hydroxyl groups excluding tert-OH is 1. The quantitative estimate of drug-likeness (QED) is 0.874. The van der Waals surface area contributed by atoms with Crippen LogP contribution in [0.3, 0.4) is 0 Å². The molecule has 1 unspecified atom stereocenters. The molecular weight excluding hydrogens is 260 g/mol. The van der Waals surface area contributed by atoms with Crippen LogP contribution in [0.4, 0.5) is 14.5 Å². The van der Waals surface area contributed by atoms with Gasteiger partial charge in [0.2, 0.25) is 0 Å². The normalized spacial score (nSPS) is 13.8. The first kappa shape index (κ1) is 14.5. The first-order valence-corrected chi connectivity index (χ1v) is 6.50. The molecule has 2 nitrogen and oxygen atoms in total. The van der Waals surface area contributed by atoms with E-state index in [4.69, 9.17) is 0 Å². The second-order valence-corrected chi connectivity index (χ2v) is 4.74. The summed E-state index contributed by atoms with van der Waals surface area (Å²) in [6.45, 7) is 1.73. The molecule has 0 saturated carbocycles. The summed E-state index contributed by atoms with van der Waals surface area (Å²) in [5.41, 5.74) is 0.569. The number of nitrogens with one attached hydrogen (secondary N) is 1. The van der Waals surface area contributed by atoms with Crippen LogP contribution < -0.4 is 5.32 Å². The molecule has 0 amide bonds. The van der Waals surface area contributed by atoms with Gasteiger partial charge in [-0.15, -0.1) is 0 Å². The summed E-state index contributed by atoms with van der Waals surface area (Å²) in [4.78, 5) is 0. The Kier molecular flexibility index (Phi) is 4.35. The van der Waals surface area contributed by atoms with Gasteiger partial charge in [0.05, 0.1) is 12.1 Å². The fourth-order valence-electron chi connectivity index (χ4n) is 2.22. The van der Waals surface area contributed by atoms with E-state index in [9.17, 15) is 13.9 Å². The summed E-state index contributed by atoms with van der Waals surface area (Å²) in [5, 5.41) is 12.9. The van der Waals surface area contributed by atoms with E-state index in [1.165, 1.54) is 24.3 Å². The molecule has 0 aliphatic heterocycles. The minimum Gasteiger partial charge on any atom is -0.394 e. The molecule has 0 aliphatic rings. The summed E-state index contributed by atoms with van der Waals surface area (Å²) < 4.78 is 26.3. The third-order valence-electron chi connectivity index (χ3n) is 3.48. The number of hydrogen-bond acceptors (Lipinski definition) is 2. The highest BCUT2D eigenvalue weighted by Crippen LogP contribution is 2.29. The van der Waals surface area contributed by atoms with Crippen molar-refractivity contribution in [2.45, 2.75) is 18.9 Å². The molecule has 0 heterocycles. The summed E-state index contributed by atoms with van der Waals surface area (Å²) in [5.74, 6) is -0.681. The maximum absolute atomic E-state index is 13.3. The molecule has 0 bridgehead atoms. The highest BCUT2D eigenvalue weighted by atomic mass is 19.1. The molecule has 1 atom stereocenters. The van der Waals surface area contributed by atoms with E-state index in [0.717, 1.165) is 5.56 Å². The Balaban J connectivity index is 2.36. The topological polar surface area (TPSA) is 32.3 Å². The van der Waals surface area contributed by atoms with Gasteiger partial charge in [-0.2, -0.15) is 0 Å². The number of benzene rings is 2. The monoisotopic (exact) mass is 277 g/mol. The molecule has 2 rings (SSSR count). The van der Waals surface area contributed by atoms with Gasteiger partial charge in [0.25, 0.3) is 0 Å². The van der Waals surface area contributed by atoms with Crippen LogP contribution in [0.25, 0.3) is 0 Å². The Hall–Kier alpha value is -1.94. The molecule has 2 N–H and O–H groups in total. The molecule has 0 aromatic heterocycles. The Morgan fingerprint density at radius 2 is 1.75 bits per heavy atom. The predicted octanol–water partition coefficient (Wildman–Crippen LogP) is 3.67. The van der Waals surface area contributed by atoms with Crippen molar-refractivity contribution in [3.8, 4) is 0 Å². The lowest BCUT2D eigenvalue weighted by Crippen LogP contribution is -2.38. The van der Waals surface area contributed by atoms with E-state index >= 15 is 0 Å². The average molecular weight is 277 g/mol. The number of rotatable bonds is 5. The first-order valence-electron chi connectivity index (χ1n) is 6.50. The molecule has 2 aromatic carbocycles. The molecule has 0 radical (unpaired) electrons. The third kappa shape index (κ3) is 2.96. The molecule has 0 spiro atoms. The Labute approximate surface area is 117 Å².